The summed E-state index contributed by atoms with van der Waals surface area (Å²) in [6.07, 6.45) is 3.26. The minimum atomic E-state index is -0.366. The molecule has 0 atom stereocenters. The van der Waals surface area contributed by atoms with Gasteiger partial charge in [0.05, 0.1) is 23.9 Å². The summed E-state index contributed by atoms with van der Waals surface area (Å²) >= 11 is 0. The second-order valence-electron chi connectivity index (χ2n) is 8.26. The Morgan fingerprint density at radius 3 is 2.42 bits per heavy atom. The van der Waals surface area contributed by atoms with E-state index in [9.17, 15) is 14.4 Å². The van der Waals surface area contributed by atoms with Crippen LogP contribution in [0.4, 0.5) is 11.5 Å². The first-order valence-corrected chi connectivity index (χ1v) is 11.0. The van der Waals surface area contributed by atoms with Crippen LogP contribution in [0.3, 0.4) is 0 Å². The molecule has 0 bridgehead atoms. The number of nitrogens with one attached hydrogen (secondary N) is 1. The van der Waals surface area contributed by atoms with Crippen LogP contribution in [0.5, 0.6) is 0 Å². The van der Waals surface area contributed by atoms with Gasteiger partial charge in [-0.25, -0.2) is 4.68 Å². The molecule has 1 aromatic heterocycles. The first-order chi connectivity index (χ1) is 15.9. The van der Waals surface area contributed by atoms with Gasteiger partial charge in [-0.05, 0) is 42.3 Å². The highest BCUT2D eigenvalue weighted by Gasteiger charge is 2.35. The minimum absolute atomic E-state index is 0.276. The van der Waals surface area contributed by atoms with Crippen molar-refractivity contribution in [2.24, 2.45) is 0 Å². The number of carbonyl (C=O) groups is 3. The van der Waals surface area contributed by atoms with Gasteiger partial charge in [-0.1, -0.05) is 25.5 Å². The van der Waals surface area contributed by atoms with Gasteiger partial charge < -0.3 is 10.2 Å². The standard InChI is InChI=1S/C25H27N5O3/c1-4-5-14-29-24(32)20-11-8-18(15-21(20)25(29)33)23(31)27-22-12-13-26-30(22)16-17-6-9-19(10-7-17)28(2)3/h6-13,15H,4-5,14,16H2,1-3H3,(H,27,31). The molecule has 3 aromatic rings. The van der Waals surface area contributed by atoms with E-state index in [0.717, 1.165) is 24.1 Å². The van der Waals surface area contributed by atoms with Crippen LogP contribution in [0.15, 0.2) is 54.7 Å². The maximum Gasteiger partial charge on any atom is 0.261 e. The van der Waals surface area contributed by atoms with E-state index in [2.05, 4.69) is 10.4 Å². The van der Waals surface area contributed by atoms with Gasteiger partial charge in [0, 0.05) is 38.0 Å². The number of fused-ring (bicyclic) bond motifs is 1. The van der Waals surface area contributed by atoms with E-state index in [1.54, 1.807) is 29.1 Å². The predicted octanol–water partition coefficient (Wildman–Crippen LogP) is 3.65. The normalized spacial score (nSPS) is 12.8. The minimum Gasteiger partial charge on any atom is -0.378 e. The van der Waals surface area contributed by atoms with E-state index in [1.807, 2.05) is 50.2 Å². The summed E-state index contributed by atoms with van der Waals surface area (Å²) in [5.74, 6) is -0.461. The number of anilines is 2. The van der Waals surface area contributed by atoms with Gasteiger partial charge >= 0.3 is 0 Å². The lowest BCUT2D eigenvalue weighted by Gasteiger charge is -2.13. The lowest BCUT2D eigenvalue weighted by atomic mass is 10.1. The molecule has 4 rings (SSSR count). The summed E-state index contributed by atoms with van der Waals surface area (Å²) in [5.41, 5.74) is 3.09. The quantitative estimate of drug-likeness (QED) is 0.535. The molecule has 1 aliphatic rings. The number of aromatic nitrogens is 2. The van der Waals surface area contributed by atoms with E-state index in [4.69, 9.17) is 0 Å². The van der Waals surface area contributed by atoms with E-state index >= 15 is 0 Å². The molecule has 0 radical (unpaired) electrons. The molecule has 0 spiro atoms. The predicted molar refractivity (Wildman–Crippen MR) is 127 cm³/mol. The molecule has 0 saturated heterocycles. The molecule has 1 aliphatic heterocycles. The number of hydrogen-bond donors (Lipinski definition) is 1. The topological polar surface area (TPSA) is 87.5 Å². The third-order valence-electron chi connectivity index (χ3n) is 5.71. The zero-order chi connectivity index (χ0) is 23.5. The van der Waals surface area contributed by atoms with Crippen LogP contribution in [0.1, 0.15) is 56.4 Å². The lowest BCUT2D eigenvalue weighted by Crippen LogP contribution is -2.30. The third-order valence-corrected chi connectivity index (χ3v) is 5.71. The maximum absolute atomic E-state index is 12.9. The molecule has 0 saturated carbocycles. The van der Waals surface area contributed by atoms with Crippen LogP contribution in [0.25, 0.3) is 0 Å². The fourth-order valence-corrected chi connectivity index (χ4v) is 3.78. The third kappa shape index (κ3) is 4.50. The number of carbonyl (C=O) groups excluding carboxylic acids is 3. The summed E-state index contributed by atoms with van der Waals surface area (Å²) in [4.78, 5) is 41.4. The summed E-state index contributed by atoms with van der Waals surface area (Å²) in [7, 11) is 3.97. The Balaban J connectivity index is 1.48. The molecule has 8 heteroatoms. The first-order valence-electron chi connectivity index (χ1n) is 11.0. The summed E-state index contributed by atoms with van der Waals surface area (Å²) in [6.45, 7) is 2.89. The summed E-state index contributed by atoms with van der Waals surface area (Å²) < 4.78 is 1.71. The molecule has 2 aromatic carbocycles. The first kappa shape index (κ1) is 22.3. The van der Waals surface area contributed by atoms with Gasteiger partial charge in [-0.2, -0.15) is 5.10 Å². The number of nitrogens with zero attached hydrogens (tertiary/aromatic N) is 4. The molecule has 33 heavy (non-hydrogen) atoms. The van der Waals surface area contributed by atoms with Crippen LogP contribution in [-0.2, 0) is 6.54 Å². The molecule has 170 valence electrons. The Morgan fingerprint density at radius 2 is 1.73 bits per heavy atom. The van der Waals surface area contributed by atoms with Gasteiger partial charge in [0.15, 0.2) is 0 Å². The van der Waals surface area contributed by atoms with Gasteiger partial charge in [0.25, 0.3) is 17.7 Å². The zero-order valence-corrected chi connectivity index (χ0v) is 19.0. The Morgan fingerprint density at radius 1 is 1.00 bits per heavy atom. The molecule has 8 nitrogen and oxygen atoms in total. The van der Waals surface area contributed by atoms with Crippen LogP contribution >= 0.6 is 0 Å². The highest BCUT2D eigenvalue weighted by molar-refractivity contribution is 6.22. The van der Waals surface area contributed by atoms with Crippen LogP contribution in [0, 0.1) is 0 Å². The highest BCUT2D eigenvalue weighted by atomic mass is 16.2. The fourth-order valence-electron chi connectivity index (χ4n) is 3.78. The van der Waals surface area contributed by atoms with Crippen LogP contribution in [0.2, 0.25) is 0 Å². The molecule has 0 fully saturated rings. The lowest BCUT2D eigenvalue weighted by molar-refractivity contribution is 0.0652. The Labute approximate surface area is 192 Å². The fraction of sp³-hybridized carbons (Fsp3) is 0.280. The summed E-state index contributed by atoms with van der Waals surface area (Å²) in [6, 6.07) is 14.5. The number of amides is 3. The monoisotopic (exact) mass is 445 g/mol. The number of rotatable bonds is 8. The molecule has 3 amide bonds. The largest absolute Gasteiger partial charge is 0.378 e. The number of unbranched alkanes of at least 4 members (excludes halogenated alkanes) is 1. The molecule has 2 heterocycles. The molecule has 0 unspecified atom stereocenters. The van der Waals surface area contributed by atoms with Crippen molar-refractivity contribution in [3.63, 3.8) is 0 Å². The van der Waals surface area contributed by atoms with Crippen molar-refractivity contribution < 1.29 is 14.4 Å². The van der Waals surface area contributed by atoms with Crippen molar-refractivity contribution in [3.05, 3.63) is 77.0 Å². The second kappa shape index (κ2) is 9.28. The van der Waals surface area contributed by atoms with Crippen LogP contribution < -0.4 is 10.2 Å². The van der Waals surface area contributed by atoms with Gasteiger partial charge in [0.2, 0.25) is 0 Å². The van der Waals surface area contributed by atoms with E-state index in [-0.39, 0.29) is 23.3 Å². The number of imide groups is 1. The van der Waals surface area contributed by atoms with Gasteiger partial charge in [-0.15, -0.1) is 0 Å². The smallest absolute Gasteiger partial charge is 0.261 e. The van der Waals surface area contributed by atoms with Crippen molar-refractivity contribution in [1.29, 1.82) is 0 Å². The van der Waals surface area contributed by atoms with Gasteiger partial charge in [-0.3, -0.25) is 19.3 Å². The SMILES string of the molecule is CCCCN1C(=O)c2ccc(C(=O)Nc3ccnn3Cc3ccc(N(C)C)cc3)cc2C1=O. The van der Waals surface area contributed by atoms with E-state index in [1.165, 1.54) is 11.0 Å². The average molecular weight is 446 g/mol. The Bertz CT molecular complexity index is 1200. The summed E-state index contributed by atoms with van der Waals surface area (Å²) in [5, 5.41) is 7.18. The Hall–Kier alpha value is -3.94. The average Bonchev–Trinajstić information content (AvgIpc) is 3.34. The second-order valence-corrected chi connectivity index (χ2v) is 8.26. The van der Waals surface area contributed by atoms with Crippen molar-refractivity contribution in [2.75, 3.05) is 30.9 Å². The van der Waals surface area contributed by atoms with Crippen LogP contribution in [-0.4, -0.2) is 53.0 Å². The molecule has 1 N–H and O–H groups in total. The molecular weight excluding hydrogens is 418 g/mol. The van der Waals surface area contributed by atoms with Gasteiger partial charge in [0.1, 0.15) is 5.82 Å². The Kier molecular flexibility index (Phi) is 6.26. The number of hydrogen-bond acceptors (Lipinski definition) is 5. The van der Waals surface area contributed by atoms with Crippen molar-refractivity contribution >= 4 is 29.2 Å². The van der Waals surface area contributed by atoms with Crippen molar-refractivity contribution in [1.82, 2.24) is 14.7 Å². The molecular formula is C25H27N5O3. The van der Waals surface area contributed by atoms with E-state index < -0.39 is 0 Å². The van der Waals surface area contributed by atoms with E-state index in [0.29, 0.717) is 30.0 Å². The van der Waals surface area contributed by atoms with Crippen molar-refractivity contribution in [2.45, 2.75) is 26.3 Å². The molecule has 0 aliphatic carbocycles. The maximum atomic E-state index is 12.9. The number of benzene rings is 2. The van der Waals surface area contributed by atoms with Crippen molar-refractivity contribution in [3.8, 4) is 0 Å². The highest BCUT2D eigenvalue weighted by Crippen LogP contribution is 2.25. The zero-order valence-electron chi connectivity index (χ0n) is 19.0.